The van der Waals surface area contributed by atoms with Crippen molar-refractivity contribution >= 4 is 6.03 Å². The summed E-state index contributed by atoms with van der Waals surface area (Å²) in [6.07, 6.45) is 11.9. The van der Waals surface area contributed by atoms with Crippen LogP contribution in [0.1, 0.15) is 62.3 Å². The number of aromatic nitrogens is 2. The van der Waals surface area contributed by atoms with E-state index in [2.05, 4.69) is 15.3 Å². The van der Waals surface area contributed by atoms with E-state index in [1.165, 1.54) is 19.3 Å². The highest BCUT2D eigenvalue weighted by Gasteiger charge is 2.43. The minimum absolute atomic E-state index is 0.0110. The molecule has 1 aliphatic heterocycles. The van der Waals surface area contributed by atoms with Crippen LogP contribution in [-0.4, -0.2) is 51.2 Å². The van der Waals surface area contributed by atoms with Gasteiger partial charge in [0.05, 0.1) is 5.60 Å². The lowest BCUT2D eigenvalue weighted by molar-refractivity contribution is -0.0870. The normalized spacial score (nSPS) is 29.2. The first kappa shape index (κ1) is 16.8. The second-order valence-corrected chi connectivity index (χ2v) is 7.95. The number of urea groups is 1. The predicted molar refractivity (Wildman–Crippen MR) is 94.2 cm³/mol. The fourth-order valence-electron chi connectivity index (χ4n) is 4.23. The van der Waals surface area contributed by atoms with Gasteiger partial charge in [0, 0.05) is 43.9 Å². The molecular weight excluding hydrogens is 316 g/mol. The zero-order chi connectivity index (χ0) is 17.3. The summed E-state index contributed by atoms with van der Waals surface area (Å²) >= 11 is 0. The highest BCUT2D eigenvalue weighted by atomic mass is 16.3. The quantitative estimate of drug-likeness (QED) is 0.878. The highest BCUT2D eigenvalue weighted by Crippen LogP contribution is 2.39. The summed E-state index contributed by atoms with van der Waals surface area (Å²) in [6, 6.07) is -0.0110. The van der Waals surface area contributed by atoms with E-state index < -0.39 is 5.60 Å². The molecule has 4 rings (SSSR count). The number of carbonyl (C=O) groups excluding carboxylic acids is 1. The number of nitrogens with one attached hydrogen (secondary N) is 1. The molecule has 3 aliphatic rings. The van der Waals surface area contributed by atoms with E-state index in [0.717, 1.165) is 37.1 Å². The third-order valence-corrected chi connectivity index (χ3v) is 6.07. The number of hydrogen-bond acceptors (Lipinski definition) is 4. The Morgan fingerprint density at radius 1 is 1.24 bits per heavy atom. The van der Waals surface area contributed by atoms with Crippen LogP contribution in [0.5, 0.6) is 0 Å². The smallest absolute Gasteiger partial charge is 0.317 e. The molecule has 2 heterocycles. The topological polar surface area (TPSA) is 78.4 Å². The first-order chi connectivity index (χ1) is 12.1. The molecule has 2 amide bonds. The van der Waals surface area contributed by atoms with Crippen LogP contribution in [0.25, 0.3) is 0 Å². The van der Waals surface area contributed by atoms with Gasteiger partial charge in [-0.15, -0.1) is 0 Å². The Labute approximate surface area is 149 Å². The number of hydrogen-bond donors (Lipinski definition) is 2. The fraction of sp³-hybridized carbons (Fsp3) is 0.737. The van der Waals surface area contributed by atoms with Gasteiger partial charge in [-0.25, -0.2) is 14.8 Å². The number of amides is 2. The molecule has 1 aromatic heterocycles. The Morgan fingerprint density at radius 2 is 2.04 bits per heavy atom. The second-order valence-electron chi connectivity index (χ2n) is 7.95. The Bertz CT molecular complexity index is 616. The predicted octanol–water partition coefficient (Wildman–Crippen LogP) is 2.23. The first-order valence-corrected chi connectivity index (χ1v) is 9.70. The first-order valence-electron chi connectivity index (χ1n) is 9.70. The molecule has 2 N–H and O–H groups in total. The Balaban J connectivity index is 1.23. The van der Waals surface area contributed by atoms with Crippen LogP contribution in [0.3, 0.4) is 0 Å². The molecule has 0 unspecified atom stereocenters. The van der Waals surface area contributed by atoms with E-state index in [0.29, 0.717) is 32.0 Å². The van der Waals surface area contributed by atoms with Gasteiger partial charge >= 0.3 is 6.03 Å². The Morgan fingerprint density at radius 3 is 2.80 bits per heavy atom. The summed E-state index contributed by atoms with van der Waals surface area (Å²) < 4.78 is 0. The van der Waals surface area contributed by atoms with Gasteiger partial charge in [0.15, 0.2) is 0 Å². The number of carbonyl (C=O) groups is 1. The van der Waals surface area contributed by atoms with Gasteiger partial charge in [0.25, 0.3) is 0 Å². The van der Waals surface area contributed by atoms with Crippen molar-refractivity contribution in [3.63, 3.8) is 0 Å². The van der Waals surface area contributed by atoms with Crippen molar-refractivity contribution in [1.29, 1.82) is 0 Å². The van der Waals surface area contributed by atoms with Crippen molar-refractivity contribution in [2.45, 2.75) is 62.9 Å². The lowest BCUT2D eigenvalue weighted by atomic mass is 9.71. The average molecular weight is 344 g/mol. The van der Waals surface area contributed by atoms with E-state index in [4.69, 9.17) is 0 Å². The molecule has 136 valence electrons. The minimum Gasteiger partial charge on any atom is -0.389 e. The van der Waals surface area contributed by atoms with Crippen LogP contribution in [0.15, 0.2) is 12.4 Å². The van der Waals surface area contributed by atoms with Crippen molar-refractivity contribution in [3.8, 4) is 0 Å². The van der Waals surface area contributed by atoms with Gasteiger partial charge < -0.3 is 15.3 Å². The fourth-order valence-corrected chi connectivity index (χ4v) is 4.23. The van der Waals surface area contributed by atoms with E-state index >= 15 is 0 Å². The largest absolute Gasteiger partial charge is 0.389 e. The molecule has 0 radical (unpaired) electrons. The third kappa shape index (κ3) is 3.78. The van der Waals surface area contributed by atoms with Gasteiger partial charge in [-0.3, -0.25) is 0 Å². The standard InChI is InChI=1S/C19H28N4O2/c24-18(23-10-8-19(25)7-2-1-3-16(19)13-23)20-9-6-14-11-21-17(22-12-14)15-4-5-15/h11-12,15-16,25H,1-10,13H2,(H,20,24)/t16-,19-/m1/s1. The van der Waals surface area contributed by atoms with Crippen molar-refractivity contribution in [1.82, 2.24) is 20.2 Å². The van der Waals surface area contributed by atoms with Crippen LogP contribution in [0, 0.1) is 5.92 Å². The molecule has 2 saturated carbocycles. The van der Waals surface area contributed by atoms with Crippen LogP contribution < -0.4 is 5.32 Å². The number of likely N-dealkylation sites (tertiary alicyclic amines) is 1. The van der Waals surface area contributed by atoms with Crippen LogP contribution in [-0.2, 0) is 6.42 Å². The van der Waals surface area contributed by atoms with E-state index in [1.807, 2.05) is 17.3 Å². The summed E-state index contributed by atoms with van der Waals surface area (Å²) in [7, 11) is 0. The monoisotopic (exact) mass is 344 g/mol. The molecule has 6 heteroatoms. The SMILES string of the molecule is O=C(NCCc1cnc(C2CC2)nc1)N1CC[C@]2(O)CCCC[C@@H]2C1. The minimum atomic E-state index is -0.532. The van der Waals surface area contributed by atoms with E-state index in [1.54, 1.807) is 0 Å². The van der Waals surface area contributed by atoms with Crippen LogP contribution in [0.2, 0.25) is 0 Å². The molecule has 6 nitrogen and oxygen atoms in total. The van der Waals surface area contributed by atoms with E-state index in [9.17, 15) is 9.90 Å². The number of piperidine rings is 1. The molecule has 25 heavy (non-hydrogen) atoms. The van der Waals surface area contributed by atoms with Gasteiger partial charge in [0.2, 0.25) is 0 Å². The third-order valence-electron chi connectivity index (χ3n) is 6.07. The number of fused-ring (bicyclic) bond motifs is 1. The van der Waals surface area contributed by atoms with Crippen molar-refractivity contribution in [2.24, 2.45) is 5.92 Å². The van der Waals surface area contributed by atoms with Gasteiger partial charge in [-0.2, -0.15) is 0 Å². The molecule has 0 spiro atoms. The highest BCUT2D eigenvalue weighted by molar-refractivity contribution is 5.74. The molecule has 0 aromatic carbocycles. The molecule has 1 saturated heterocycles. The van der Waals surface area contributed by atoms with Crippen LogP contribution in [0.4, 0.5) is 4.79 Å². The maximum atomic E-state index is 12.4. The lowest BCUT2D eigenvalue weighted by Gasteiger charge is -2.47. The van der Waals surface area contributed by atoms with Gasteiger partial charge in [-0.1, -0.05) is 12.8 Å². The summed E-state index contributed by atoms with van der Waals surface area (Å²) in [4.78, 5) is 23.1. The lowest BCUT2D eigenvalue weighted by Crippen LogP contribution is -2.56. The molecule has 0 bridgehead atoms. The summed E-state index contributed by atoms with van der Waals surface area (Å²) in [5.74, 6) is 1.77. The number of nitrogens with zero attached hydrogens (tertiary/aromatic N) is 3. The average Bonchev–Trinajstić information content (AvgIpc) is 3.46. The van der Waals surface area contributed by atoms with Crippen molar-refractivity contribution in [2.75, 3.05) is 19.6 Å². The van der Waals surface area contributed by atoms with E-state index in [-0.39, 0.29) is 11.9 Å². The maximum Gasteiger partial charge on any atom is 0.317 e. The Kier molecular flexibility index (Phi) is 4.63. The summed E-state index contributed by atoms with van der Waals surface area (Å²) in [5.41, 5.74) is 0.528. The Hall–Kier alpha value is -1.69. The zero-order valence-electron chi connectivity index (χ0n) is 14.8. The molecular formula is C19H28N4O2. The zero-order valence-corrected chi connectivity index (χ0v) is 14.8. The van der Waals surface area contributed by atoms with Gasteiger partial charge in [0.1, 0.15) is 5.82 Å². The molecule has 1 aromatic rings. The number of rotatable bonds is 4. The van der Waals surface area contributed by atoms with Crippen molar-refractivity contribution < 1.29 is 9.90 Å². The molecule has 2 atom stereocenters. The number of aliphatic hydroxyl groups is 1. The van der Waals surface area contributed by atoms with Gasteiger partial charge in [-0.05, 0) is 44.1 Å². The summed E-state index contributed by atoms with van der Waals surface area (Å²) in [6.45, 7) is 1.93. The summed E-state index contributed by atoms with van der Waals surface area (Å²) in [5, 5.41) is 13.7. The molecule has 3 fully saturated rings. The van der Waals surface area contributed by atoms with Crippen LogP contribution >= 0.6 is 0 Å². The second kappa shape index (κ2) is 6.90. The maximum absolute atomic E-state index is 12.4. The molecule has 2 aliphatic carbocycles. The van der Waals surface area contributed by atoms with Crippen molar-refractivity contribution in [3.05, 3.63) is 23.8 Å².